The predicted octanol–water partition coefficient (Wildman–Crippen LogP) is 2.82. The molecule has 1 aliphatic rings. The Morgan fingerprint density at radius 2 is 2.15 bits per heavy atom. The Morgan fingerprint density at radius 1 is 1.35 bits per heavy atom. The summed E-state index contributed by atoms with van der Waals surface area (Å²) in [5.74, 6) is 0. The molecule has 1 unspecified atom stereocenters. The van der Waals surface area contributed by atoms with Crippen LogP contribution in [0.4, 0.5) is 0 Å². The molecular formula is C16H29N3S. The van der Waals surface area contributed by atoms with Gasteiger partial charge in [-0.1, -0.05) is 26.3 Å². The number of likely N-dealkylation sites (N-methyl/N-ethyl adjacent to an activating group) is 1. The highest BCUT2D eigenvalue weighted by atomic mass is 32.1. The first-order valence-corrected chi connectivity index (χ1v) is 8.93. The topological polar surface area (TPSA) is 18.5 Å². The van der Waals surface area contributed by atoms with E-state index < -0.39 is 0 Å². The Labute approximate surface area is 128 Å². The Morgan fingerprint density at radius 3 is 2.75 bits per heavy atom. The minimum Gasteiger partial charge on any atom is -0.314 e. The Bertz CT molecular complexity index is 347. The lowest BCUT2D eigenvalue weighted by atomic mass is 10.1. The van der Waals surface area contributed by atoms with Gasteiger partial charge in [0.05, 0.1) is 6.04 Å². The van der Waals surface area contributed by atoms with Gasteiger partial charge in [-0.2, -0.15) is 0 Å². The third kappa shape index (κ3) is 4.55. The van der Waals surface area contributed by atoms with Gasteiger partial charge in [0.2, 0.25) is 0 Å². The zero-order chi connectivity index (χ0) is 14.2. The van der Waals surface area contributed by atoms with E-state index in [1.807, 2.05) is 11.3 Å². The van der Waals surface area contributed by atoms with Crippen LogP contribution in [0.1, 0.15) is 37.6 Å². The maximum Gasteiger partial charge on any atom is 0.0568 e. The zero-order valence-electron chi connectivity index (χ0n) is 13.0. The third-order valence-electron chi connectivity index (χ3n) is 4.16. The second kappa shape index (κ2) is 8.78. The number of unbranched alkanes of at least 4 members (excludes halogenated alkanes) is 1. The molecule has 1 aromatic heterocycles. The summed E-state index contributed by atoms with van der Waals surface area (Å²) < 4.78 is 0. The van der Waals surface area contributed by atoms with Gasteiger partial charge >= 0.3 is 0 Å². The minimum absolute atomic E-state index is 0.574. The lowest BCUT2D eigenvalue weighted by Gasteiger charge is -2.36. The van der Waals surface area contributed by atoms with E-state index in [9.17, 15) is 0 Å². The van der Waals surface area contributed by atoms with Crippen LogP contribution in [0.5, 0.6) is 0 Å². The molecule has 4 heteroatoms. The molecule has 20 heavy (non-hydrogen) atoms. The van der Waals surface area contributed by atoms with Crippen LogP contribution in [0, 0.1) is 0 Å². The van der Waals surface area contributed by atoms with E-state index in [0.717, 1.165) is 19.6 Å². The predicted molar refractivity (Wildman–Crippen MR) is 88.5 cm³/mol. The third-order valence-corrected chi connectivity index (χ3v) is 5.13. The van der Waals surface area contributed by atoms with Crippen molar-refractivity contribution in [1.82, 2.24) is 15.1 Å². The average Bonchev–Trinajstić information content (AvgIpc) is 3.02. The highest BCUT2D eigenvalue weighted by Gasteiger charge is 2.23. The summed E-state index contributed by atoms with van der Waals surface area (Å²) in [5.41, 5.74) is 0. The highest BCUT2D eigenvalue weighted by Crippen LogP contribution is 2.26. The van der Waals surface area contributed by atoms with Gasteiger partial charge in [0.1, 0.15) is 0 Å². The smallest absolute Gasteiger partial charge is 0.0568 e. The number of rotatable bonds is 8. The summed E-state index contributed by atoms with van der Waals surface area (Å²) >= 11 is 1.91. The van der Waals surface area contributed by atoms with Crippen molar-refractivity contribution in [3.8, 4) is 0 Å². The quantitative estimate of drug-likeness (QED) is 0.795. The number of hydrogen-bond donors (Lipinski definition) is 1. The van der Waals surface area contributed by atoms with Crippen molar-refractivity contribution in [2.75, 3.05) is 45.8 Å². The van der Waals surface area contributed by atoms with Gasteiger partial charge in [-0.25, -0.2) is 0 Å². The van der Waals surface area contributed by atoms with E-state index in [-0.39, 0.29) is 0 Å². The summed E-state index contributed by atoms with van der Waals surface area (Å²) in [4.78, 5) is 6.81. The fourth-order valence-electron chi connectivity index (χ4n) is 2.90. The number of thiophene rings is 1. The molecule has 1 fully saturated rings. The van der Waals surface area contributed by atoms with Crippen molar-refractivity contribution in [1.29, 1.82) is 0 Å². The molecule has 1 N–H and O–H groups in total. The van der Waals surface area contributed by atoms with Gasteiger partial charge in [-0.15, -0.1) is 11.3 Å². The zero-order valence-corrected chi connectivity index (χ0v) is 13.8. The summed E-state index contributed by atoms with van der Waals surface area (Å²) in [5, 5.41) is 5.66. The van der Waals surface area contributed by atoms with E-state index >= 15 is 0 Å². The Hall–Kier alpha value is -0.420. The summed E-state index contributed by atoms with van der Waals surface area (Å²) in [7, 11) is 0. The molecule has 2 heterocycles. The van der Waals surface area contributed by atoms with Crippen LogP contribution in [-0.2, 0) is 0 Å². The highest BCUT2D eigenvalue weighted by molar-refractivity contribution is 7.10. The fourth-order valence-corrected chi connectivity index (χ4v) is 3.75. The molecule has 0 aromatic carbocycles. The van der Waals surface area contributed by atoms with Crippen LogP contribution in [0.2, 0.25) is 0 Å². The Balaban J connectivity index is 2.02. The summed E-state index contributed by atoms with van der Waals surface area (Å²) in [6.45, 7) is 12.8. The molecule has 0 bridgehead atoms. The van der Waals surface area contributed by atoms with E-state index in [1.165, 1.54) is 43.9 Å². The molecule has 114 valence electrons. The molecule has 0 aliphatic carbocycles. The number of nitrogens with one attached hydrogen (secondary N) is 1. The van der Waals surface area contributed by atoms with Gasteiger partial charge in [0, 0.05) is 37.6 Å². The van der Waals surface area contributed by atoms with Gasteiger partial charge in [0.25, 0.3) is 0 Å². The Kier molecular flexibility index (Phi) is 7.00. The molecule has 3 nitrogen and oxygen atoms in total. The SMILES string of the molecule is CCCCN(CC)C(CN1CCNCC1)c1cccs1. The average molecular weight is 295 g/mol. The first-order valence-electron chi connectivity index (χ1n) is 8.05. The second-order valence-corrected chi connectivity index (χ2v) is 6.54. The van der Waals surface area contributed by atoms with Crippen LogP contribution < -0.4 is 5.32 Å². The molecule has 0 saturated carbocycles. The fraction of sp³-hybridized carbons (Fsp3) is 0.750. The summed E-state index contributed by atoms with van der Waals surface area (Å²) in [6, 6.07) is 5.08. The molecule has 1 saturated heterocycles. The molecule has 1 aliphatic heterocycles. The molecule has 1 atom stereocenters. The summed E-state index contributed by atoms with van der Waals surface area (Å²) in [6.07, 6.45) is 2.58. The molecule has 1 aromatic rings. The van der Waals surface area contributed by atoms with Gasteiger partial charge in [0.15, 0.2) is 0 Å². The van der Waals surface area contributed by atoms with Gasteiger partial charge in [-0.3, -0.25) is 9.80 Å². The van der Waals surface area contributed by atoms with Crippen molar-refractivity contribution in [2.45, 2.75) is 32.7 Å². The van der Waals surface area contributed by atoms with Crippen LogP contribution in [0.15, 0.2) is 17.5 Å². The van der Waals surface area contributed by atoms with Crippen molar-refractivity contribution < 1.29 is 0 Å². The second-order valence-electron chi connectivity index (χ2n) is 5.56. The van der Waals surface area contributed by atoms with E-state index in [4.69, 9.17) is 0 Å². The van der Waals surface area contributed by atoms with Gasteiger partial charge in [-0.05, 0) is 31.0 Å². The molecule has 0 radical (unpaired) electrons. The van der Waals surface area contributed by atoms with Crippen molar-refractivity contribution >= 4 is 11.3 Å². The number of hydrogen-bond acceptors (Lipinski definition) is 4. The molecular weight excluding hydrogens is 266 g/mol. The van der Waals surface area contributed by atoms with E-state index in [0.29, 0.717) is 6.04 Å². The molecule has 2 rings (SSSR count). The normalized spacial score (nSPS) is 18.6. The van der Waals surface area contributed by atoms with Crippen LogP contribution in [-0.4, -0.2) is 55.6 Å². The number of piperazine rings is 1. The van der Waals surface area contributed by atoms with E-state index in [1.54, 1.807) is 0 Å². The minimum atomic E-state index is 0.574. The lowest BCUT2D eigenvalue weighted by Crippen LogP contribution is -2.47. The van der Waals surface area contributed by atoms with Crippen LogP contribution >= 0.6 is 11.3 Å². The monoisotopic (exact) mass is 295 g/mol. The maximum atomic E-state index is 3.45. The largest absolute Gasteiger partial charge is 0.314 e. The molecule has 0 amide bonds. The van der Waals surface area contributed by atoms with Crippen molar-refractivity contribution in [2.24, 2.45) is 0 Å². The standard InChI is InChI=1S/C16H29N3S/c1-3-5-10-19(4-2)15(16-7-6-13-20-16)14-18-11-8-17-9-12-18/h6-7,13,15,17H,3-5,8-12,14H2,1-2H3. The van der Waals surface area contributed by atoms with Crippen molar-refractivity contribution in [3.63, 3.8) is 0 Å². The van der Waals surface area contributed by atoms with Crippen LogP contribution in [0.3, 0.4) is 0 Å². The molecule has 0 spiro atoms. The maximum absolute atomic E-state index is 3.45. The van der Waals surface area contributed by atoms with Crippen LogP contribution in [0.25, 0.3) is 0 Å². The first kappa shape index (κ1) is 16.0. The first-order chi connectivity index (χ1) is 9.85. The van der Waals surface area contributed by atoms with Gasteiger partial charge < -0.3 is 5.32 Å². The van der Waals surface area contributed by atoms with Crippen molar-refractivity contribution in [3.05, 3.63) is 22.4 Å². The lowest BCUT2D eigenvalue weighted by molar-refractivity contribution is 0.134. The number of nitrogens with zero attached hydrogens (tertiary/aromatic N) is 2. The van der Waals surface area contributed by atoms with E-state index in [2.05, 4.69) is 46.5 Å².